The van der Waals surface area contributed by atoms with Crippen molar-refractivity contribution in [3.8, 4) is 5.75 Å². The van der Waals surface area contributed by atoms with E-state index in [4.69, 9.17) is 27.9 Å². The van der Waals surface area contributed by atoms with E-state index >= 15 is 0 Å². The summed E-state index contributed by atoms with van der Waals surface area (Å²) in [6.07, 6.45) is 0. The van der Waals surface area contributed by atoms with Crippen molar-refractivity contribution in [2.45, 2.75) is 26.4 Å². The number of carbonyl (C=O) groups is 1. The first-order chi connectivity index (χ1) is 11.9. The van der Waals surface area contributed by atoms with E-state index in [1.165, 1.54) is 0 Å². The Morgan fingerprint density at radius 1 is 1.20 bits per heavy atom. The first-order valence-electron chi connectivity index (χ1n) is 8.09. The fraction of sp³-hybridized carbons (Fsp3) is 0.316. The Hall–Kier alpha value is -1.75. The van der Waals surface area contributed by atoms with Crippen LogP contribution in [0.25, 0.3) is 0 Å². The standard InChI is InChI=1S/C19H22Cl2N2O2/c1-4-25-17-11-6-5-10-16(17)22-19(24)13(2)23(3)12-14-8-7-9-15(20)18(14)21/h5-11,13H,4,12H2,1-3H3,(H,22,24). The van der Waals surface area contributed by atoms with Crippen molar-refractivity contribution in [3.63, 3.8) is 0 Å². The van der Waals surface area contributed by atoms with Crippen molar-refractivity contribution in [1.82, 2.24) is 4.90 Å². The van der Waals surface area contributed by atoms with E-state index in [0.29, 0.717) is 34.6 Å². The number of hydrogen-bond acceptors (Lipinski definition) is 3. The SMILES string of the molecule is CCOc1ccccc1NC(=O)C(C)N(C)Cc1cccc(Cl)c1Cl. The number of anilines is 1. The van der Waals surface area contributed by atoms with Gasteiger partial charge in [-0.15, -0.1) is 0 Å². The molecule has 0 aromatic heterocycles. The van der Waals surface area contributed by atoms with Gasteiger partial charge in [-0.2, -0.15) is 0 Å². The highest BCUT2D eigenvalue weighted by Crippen LogP contribution is 2.27. The third-order valence-electron chi connectivity index (χ3n) is 3.94. The van der Waals surface area contributed by atoms with Gasteiger partial charge in [-0.25, -0.2) is 0 Å². The first kappa shape index (κ1) is 19.6. The van der Waals surface area contributed by atoms with Gasteiger partial charge in [-0.1, -0.05) is 47.5 Å². The fourth-order valence-electron chi connectivity index (χ4n) is 2.36. The number of amides is 1. The van der Waals surface area contributed by atoms with Gasteiger partial charge >= 0.3 is 0 Å². The molecule has 0 aliphatic rings. The number of rotatable bonds is 7. The Kier molecular flexibility index (Phi) is 7.12. The molecular weight excluding hydrogens is 359 g/mol. The molecule has 0 heterocycles. The summed E-state index contributed by atoms with van der Waals surface area (Å²) in [5.74, 6) is 0.541. The quantitative estimate of drug-likeness (QED) is 0.746. The summed E-state index contributed by atoms with van der Waals surface area (Å²) in [5, 5.41) is 3.95. The molecule has 2 rings (SSSR count). The van der Waals surface area contributed by atoms with E-state index in [1.54, 1.807) is 6.07 Å². The maximum atomic E-state index is 12.6. The van der Waals surface area contributed by atoms with Gasteiger partial charge in [-0.3, -0.25) is 9.69 Å². The molecule has 0 radical (unpaired) electrons. The van der Waals surface area contributed by atoms with Crippen LogP contribution in [0, 0.1) is 0 Å². The molecular formula is C19H22Cl2N2O2. The predicted molar refractivity (Wildman–Crippen MR) is 104 cm³/mol. The maximum absolute atomic E-state index is 12.6. The number of carbonyl (C=O) groups excluding carboxylic acids is 1. The van der Waals surface area contributed by atoms with Crippen LogP contribution in [0.15, 0.2) is 42.5 Å². The lowest BCUT2D eigenvalue weighted by Crippen LogP contribution is -2.39. The van der Waals surface area contributed by atoms with Crippen LogP contribution in [-0.2, 0) is 11.3 Å². The molecule has 0 aliphatic heterocycles. The Balaban J connectivity index is 2.05. The third-order valence-corrected chi connectivity index (χ3v) is 4.79. The van der Waals surface area contributed by atoms with Crippen LogP contribution in [-0.4, -0.2) is 30.5 Å². The van der Waals surface area contributed by atoms with Gasteiger partial charge in [0, 0.05) is 6.54 Å². The fourth-order valence-corrected chi connectivity index (χ4v) is 2.74. The summed E-state index contributed by atoms with van der Waals surface area (Å²) < 4.78 is 5.54. The summed E-state index contributed by atoms with van der Waals surface area (Å²) in [7, 11) is 1.87. The maximum Gasteiger partial charge on any atom is 0.241 e. The highest BCUT2D eigenvalue weighted by molar-refractivity contribution is 6.42. The molecule has 0 saturated carbocycles. The van der Waals surface area contributed by atoms with Crippen molar-refractivity contribution in [3.05, 3.63) is 58.1 Å². The second kappa shape index (κ2) is 9.09. The lowest BCUT2D eigenvalue weighted by molar-refractivity contribution is -0.120. The minimum Gasteiger partial charge on any atom is -0.492 e. The molecule has 6 heteroatoms. The van der Waals surface area contributed by atoms with Crippen molar-refractivity contribution in [2.24, 2.45) is 0 Å². The molecule has 134 valence electrons. The van der Waals surface area contributed by atoms with Gasteiger partial charge in [0.1, 0.15) is 5.75 Å². The van der Waals surface area contributed by atoms with Crippen molar-refractivity contribution in [2.75, 3.05) is 19.0 Å². The van der Waals surface area contributed by atoms with Crippen molar-refractivity contribution < 1.29 is 9.53 Å². The van der Waals surface area contributed by atoms with Crippen LogP contribution < -0.4 is 10.1 Å². The van der Waals surface area contributed by atoms with Gasteiger partial charge in [-0.05, 0) is 44.7 Å². The third kappa shape index (κ3) is 5.11. The van der Waals surface area contributed by atoms with Crippen LogP contribution in [0.1, 0.15) is 19.4 Å². The highest BCUT2D eigenvalue weighted by Gasteiger charge is 2.20. The number of likely N-dealkylation sites (N-methyl/N-ethyl adjacent to an activating group) is 1. The van der Waals surface area contributed by atoms with Gasteiger partial charge < -0.3 is 10.1 Å². The average Bonchev–Trinajstić information content (AvgIpc) is 2.60. The molecule has 1 amide bonds. The number of ether oxygens (including phenoxy) is 1. The van der Waals surface area contributed by atoms with Gasteiger partial charge in [0.25, 0.3) is 0 Å². The molecule has 0 bridgehead atoms. The molecule has 25 heavy (non-hydrogen) atoms. The van der Waals surface area contributed by atoms with E-state index < -0.39 is 0 Å². The lowest BCUT2D eigenvalue weighted by Gasteiger charge is -2.25. The topological polar surface area (TPSA) is 41.6 Å². The van der Waals surface area contributed by atoms with Gasteiger partial charge in [0.2, 0.25) is 5.91 Å². The van der Waals surface area contributed by atoms with E-state index in [-0.39, 0.29) is 11.9 Å². The Bertz CT molecular complexity index is 737. The predicted octanol–water partition coefficient (Wildman–Crippen LogP) is 4.85. The van der Waals surface area contributed by atoms with E-state index in [9.17, 15) is 4.79 Å². The molecule has 0 fully saturated rings. The monoisotopic (exact) mass is 380 g/mol. The van der Waals surface area contributed by atoms with Crippen LogP contribution in [0.5, 0.6) is 5.75 Å². The Labute approximate surface area is 158 Å². The molecule has 4 nitrogen and oxygen atoms in total. The first-order valence-corrected chi connectivity index (χ1v) is 8.85. The number of hydrogen-bond donors (Lipinski definition) is 1. The molecule has 0 saturated heterocycles. The summed E-state index contributed by atoms with van der Waals surface area (Å²) in [5.41, 5.74) is 1.54. The van der Waals surface area contributed by atoms with E-state index in [2.05, 4.69) is 5.32 Å². The molecule has 1 atom stereocenters. The number of benzene rings is 2. The minimum atomic E-state index is -0.357. The van der Waals surface area contributed by atoms with E-state index in [1.807, 2.05) is 62.2 Å². The Morgan fingerprint density at radius 3 is 2.64 bits per heavy atom. The molecule has 2 aromatic rings. The zero-order valence-electron chi connectivity index (χ0n) is 14.6. The summed E-state index contributed by atoms with van der Waals surface area (Å²) in [4.78, 5) is 14.5. The molecule has 1 unspecified atom stereocenters. The minimum absolute atomic E-state index is 0.118. The Morgan fingerprint density at radius 2 is 1.92 bits per heavy atom. The highest BCUT2D eigenvalue weighted by atomic mass is 35.5. The second-order valence-electron chi connectivity index (χ2n) is 5.72. The van der Waals surface area contributed by atoms with Gasteiger partial charge in [0.05, 0.1) is 28.4 Å². The summed E-state index contributed by atoms with van der Waals surface area (Å²) >= 11 is 12.3. The van der Waals surface area contributed by atoms with Crippen LogP contribution >= 0.6 is 23.2 Å². The van der Waals surface area contributed by atoms with Crippen LogP contribution in [0.2, 0.25) is 10.0 Å². The number of para-hydroxylation sites is 2. The molecule has 0 spiro atoms. The molecule has 1 N–H and O–H groups in total. The second-order valence-corrected chi connectivity index (χ2v) is 6.51. The molecule has 2 aromatic carbocycles. The zero-order chi connectivity index (χ0) is 18.4. The summed E-state index contributed by atoms with van der Waals surface area (Å²) in [6, 6.07) is 12.5. The largest absolute Gasteiger partial charge is 0.492 e. The number of nitrogens with zero attached hydrogens (tertiary/aromatic N) is 1. The summed E-state index contributed by atoms with van der Waals surface area (Å²) in [6.45, 7) is 4.80. The lowest BCUT2D eigenvalue weighted by atomic mass is 10.1. The van der Waals surface area contributed by atoms with Crippen molar-refractivity contribution in [1.29, 1.82) is 0 Å². The normalized spacial score (nSPS) is 12.1. The van der Waals surface area contributed by atoms with E-state index in [0.717, 1.165) is 5.56 Å². The average molecular weight is 381 g/mol. The smallest absolute Gasteiger partial charge is 0.241 e. The van der Waals surface area contributed by atoms with Crippen LogP contribution in [0.4, 0.5) is 5.69 Å². The molecule has 0 aliphatic carbocycles. The van der Waals surface area contributed by atoms with Crippen LogP contribution in [0.3, 0.4) is 0 Å². The van der Waals surface area contributed by atoms with Gasteiger partial charge in [0.15, 0.2) is 0 Å². The van der Waals surface area contributed by atoms with Crippen molar-refractivity contribution >= 4 is 34.8 Å². The number of halogens is 2. The number of nitrogens with one attached hydrogen (secondary N) is 1. The zero-order valence-corrected chi connectivity index (χ0v) is 16.1.